The van der Waals surface area contributed by atoms with E-state index >= 15 is 0 Å². The number of carbonyl (C=O) groups is 1. The van der Waals surface area contributed by atoms with Crippen molar-refractivity contribution in [3.63, 3.8) is 0 Å². The number of carbonyl (C=O) groups excluding carboxylic acids is 1. The number of halogens is 1. The van der Waals surface area contributed by atoms with Crippen LogP contribution >= 0.6 is 22.9 Å². The molecule has 1 saturated heterocycles. The number of hydrogen-bond acceptors (Lipinski definition) is 3. The minimum absolute atomic E-state index is 0.204. The van der Waals surface area contributed by atoms with E-state index in [4.69, 9.17) is 11.6 Å². The lowest BCUT2D eigenvalue weighted by atomic mass is 9.75. The Hall–Kier alpha value is -0.580. The molecule has 118 valence electrons. The van der Waals surface area contributed by atoms with E-state index in [1.54, 1.807) is 11.3 Å². The summed E-state index contributed by atoms with van der Waals surface area (Å²) in [6, 6.07) is 3.93. The maximum atomic E-state index is 13.1. The zero-order valence-corrected chi connectivity index (χ0v) is 14.5. The van der Waals surface area contributed by atoms with Crippen LogP contribution in [-0.4, -0.2) is 30.4 Å². The second-order valence-corrected chi connectivity index (χ2v) is 7.64. The maximum absolute atomic E-state index is 13.1. The monoisotopic (exact) mass is 328 g/mol. The topological polar surface area (TPSA) is 32.3 Å². The van der Waals surface area contributed by atoms with Crippen molar-refractivity contribution in [1.29, 1.82) is 0 Å². The third-order valence-corrected chi connectivity index (χ3v) is 5.51. The van der Waals surface area contributed by atoms with Gasteiger partial charge in [-0.1, -0.05) is 24.9 Å². The highest BCUT2D eigenvalue weighted by Gasteiger charge is 2.40. The first-order valence-corrected chi connectivity index (χ1v) is 9.05. The smallest absolute Gasteiger partial charge is 0.230 e. The summed E-state index contributed by atoms with van der Waals surface area (Å²) in [5.74, 6) is 0.309. The molecule has 1 amide bonds. The summed E-state index contributed by atoms with van der Waals surface area (Å²) >= 11 is 7.56. The Balaban J connectivity index is 2.12. The van der Waals surface area contributed by atoms with Crippen LogP contribution in [0.4, 0.5) is 0 Å². The van der Waals surface area contributed by atoms with E-state index in [2.05, 4.69) is 19.2 Å². The van der Waals surface area contributed by atoms with E-state index in [0.717, 1.165) is 54.5 Å². The molecule has 5 heteroatoms. The molecule has 1 aliphatic heterocycles. The Morgan fingerprint density at radius 2 is 2.29 bits per heavy atom. The van der Waals surface area contributed by atoms with Gasteiger partial charge in [0.15, 0.2) is 0 Å². The Kier molecular flexibility index (Phi) is 6.08. The molecular weight excluding hydrogens is 304 g/mol. The van der Waals surface area contributed by atoms with Gasteiger partial charge in [-0.15, -0.1) is 11.3 Å². The molecule has 1 unspecified atom stereocenters. The first-order valence-electron chi connectivity index (χ1n) is 7.85. The molecule has 2 rings (SSSR count). The van der Waals surface area contributed by atoms with Crippen molar-refractivity contribution in [3.8, 4) is 0 Å². The third kappa shape index (κ3) is 3.99. The number of hydrogen-bond donors (Lipinski definition) is 1. The molecule has 21 heavy (non-hydrogen) atoms. The van der Waals surface area contributed by atoms with E-state index in [9.17, 15) is 4.79 Å². The van der Waals surface area contributed by atoms with Gasteiger partial charge in [0.1, 0.15) is 0 Å². The normalized spacial score (nSPS) is 22.2. The van der Waals surface area contributed by atoms with Gasteiger partial charge in [0, 0.05) is 18.0 Å². The van der Waals surface area contributed by atoms with Crippen molar-refractivity contribution in [2.24, 2.45) is 5.41 Å². The molecule has 0 aliphatic carbocycles. The molecule has 1 N–H and O–H groups in total. The van der Waals surface area contributed by atoms with Crippen LogP contribution in [0.2, 0.25) is 4.34 Å². The molecule has 3 nitrogen and oxygen atoms in total. The van der Waals surface area contributed by atoms with Gasteiger partial charge in [-0.2, -0.15) is 0 Å². The quantitative estimate of drug-likeness (QED) is 0.858. The second-order valence-electron chi connectivity index (χ2n) is 5.84. The number of thiophene rings is 1. The minimum Gasteiger partial charge on any atom is -0.337 e. The molecular formula is C16H25ClN2OS. The fraction of sp³-hybridized carbons (Fsp3) is 0.688. The van der Waals surface area contributed by atoms with Crippen molar-refractivity contribution in [1.82, 2.24) is 10.2 Å². The van der Waals surface area contributed by atoms with Gasteiger partial charge in [-0.05, 0) is 44.9 Å². The first-order chi connectivity index (χ1) is 10.1. The molecule has 1 aromatic rings. The van der Waals surface area contributed by atoms with E-state index in [0.29, 0.717) is 12.5 Å². The summed E-state index contributed by atoms with van der Waals surface area (Å²) in [6.45, 7) is 7.51. The highest BCUT2D eigenvalue weighted by Crippen LogP contribution is 2.34. The van der Waals surface area contributed by atoms with Crippen molar-refractivity contribution in [2.75, 3.05) is 19.6 Å². The number of nitrogens with zero attached hydrogens (tertiary/aromatic N) is 1. The standard InChI is InChI=1S/C16H25ClN2OS/c1-3-8-16(9-5-10-18-12-16)15(20)19(4-2)11-13-6-7-14(17)21-13/h6-7,18H,3-5,8-12H2,1-2H3. The van der Waals surface area contributed by atoms with Crippen molar-refractivity contribution >= 4 is 28.8 Å². The van der Waals surface area contributed by atoms with Crippen LogP contribution in [0.3, 0.4) is 0 Å². The minimum atomic E-state index is -0.204. The van der Waals surface area contributed by atoms with Crippen LogP contribution in [-0.2, 0) is 11.3 Å². The Labute approximate surface area is 136 Å². The van der Waals surface area contributed by atoms with E-state index in [1.165, 1.54) is 0 Å². The zero-order chi connectivity index (χ0) is 15.3. The van der Waals surface area contributed by atoms with Crippen LogP contribution in [0.1, 0.15) is 44.4 Å². The lowest BCUT2D eigenvalue weighted by Crippen LogP contribution is -2.51. The summed E-state index contributed by atoms with van der Waals surface area (Å²) in [6.07, 6.45) is 4.12. The van der Waals surface area contributed by atoms with Crippen LogP contribution in [0, 0.1) is 5.41 Å². The highest BCUT2D eigenvalue weighted by atomic mass is 35.5. The average Bonchev–Trinajstić information content (AvgIpc) is 2.90. The number of rotatable bonds is 6. The maximum Gasteiger partial charge on any atom is 0.230 e. The molecule has 1 aromatic heterocycles. The third-order valence-electron chi connectivity index (χ3n) is 4.30. The molecule has 0 bridgehead atoms. The first kappa shape index (κ1) is 16.8. The summed E-state index contributed by atoms with van der Waals surface area (Å²) in [4.78, 5) is 16.3. The summed E-state index contributed by atoms with van der Waals surface area (Å²) < 4.78 is 0.788. The van der Waals surface area contributed by atoms with E-state index in [-0.39, 0.29) is 5.41 Å². The van der Waals surface area contributed by atoms with Gasteiger partial charge >= 0.3 is 0 Å². The number of nitrogens with one attached hydrogen (secondary N) is 1. The van der Waals surface area contributed by atoms with Crippen LogP contribution in [0.25, 0.3) is 0 Å². The number of piperidine rings is 1. The van der Waals surface area contributed by atoms with Crippen molar-refractivity contribution in [2.45, 2.75) is 46.1 Å². The molecule has 0 aromatic carbocycles. The van der Waals surface area contributed by atoms with Crippen LogP contribution in [0.15, 0.2) is 12.1 Å². The van der Waals surface area contributed by atoms with Gasteiger partial charge in [0.2, 0.25) is 5.91 Å². The van der Waals surface area contributed by atoms with Gasteiger partial charge in [-0.3, -0.25) is 4.79 Å². The lowest BCUT2D eigenvalue weighted by molar-refractivity contribution is -0.144. The SMILES string of the molecule is CCCC1(C(=O)N(CC)Cc2ccc(Cl)s2)CCCNC1. The van der Waals surface area contributed by atoms with Gasteiger partial charge in [-0.25, -0.2) is 0 Å². The molecule has 0 saturated carbocycles. The zero-order valence-electron chi connectivity index (χ0n) is 13.0. The average molecular weight is 329 g/mol. The molecule has 1 atom stereocenters. The van der Waals surface area contributed by atoms with E-state index < -0.39 is 0 Å². The Morgan fingerprint density at radius 3 is 2.81 bits per heavy atom. The van der Waals surface area contributed by atoms with Gasteiger partial charge in [0.25, 0.3) is 0 Å². The van der Waals surface area contributed by atoms with Crippen LogP contribution in [0.5, 0.6) is 0 Å². The summed E-state index contributed by atoms with van der Waals surface area (Å²) in [5, 5.41) is 3.42. The molecule has 0 spiro atoms. The molecule has 1 aliphatic rings. The predicted molar refractivity (Wildman–Crippen MR) is 89.9 cm³/mol. The van der Waals surface area contributed by atoms with Gasteiger partial charge < -0.3 is 10.2 Å². The van der Waals surface area contributed by atoms with E-state index in [1.807, 2.05) is 17.0 Å². The lowest BCUT2D eigenvalue weighted by Gasteiger charge is -2.40. The predicted octanol–water partition coefficient (Wildman–Crippen LogP) is 3.92. The Morgan fingerprint density at radius 1 is 1.48 bits per heavy atom. The fourth-order valence-corrected chi connectivity index (χ4v) is 4.34. The Bertz CT molecular complexity index is 463. The highest BCUT2D eigenvalue weighted by molar-refractivity contribution is 7.16. The van der Waals surface area contributed by atoms with Crippen molar-refractivity contribution in [3.05, 3.63) is 21.3 Å². The second kappa shape index (κ2) is 7.61. The summed E-state index contributed by atoms with van der Waals surface area (Å²) in [5.41, 5.74) is -0.204. The van der Waals surface area contributed by atoms with Crippen LogP contribution < -0.4 is 5.32 Å². The fourth-order valence-electron chi connectivity index (χ4n) is 3.24. The van der Waals surface area contributed by atoms with Gasteiger partial charge in [0.05, 0.1) is 16.3 Å². The molecule has 2 heterocycles. The molecule has 1 fully saturated rings. The van der Waals surface area contributed by atoms with Crippen molar-refractivity contribution < 1.29 is 4.79 Å². The molecule has 0 radical (unpaired) electrons. The largest absolute Gasteiger partial charge is 0.337 e. The number of amides is 1. The summed E-state index contributed by atoms with van der Waals surface area (Å²) in [7, 11) is 0.